The lowest BCUT2D eigenvalue weighted by molar-refractivity contribution is -0.131. The topological polar surface area (TPSA) is 69.2 Å². The Kier molecular flexibility index (Phi) is 4.24. The minimum absolute atomic E-state index is 0.0648. The van der Waals surface area contributed by atoms with Gasteiger partial charge in [-0.15, -0.1) is 0 Å². The SMILES string of the molecule is Cc1ccccc1C1(O)CCN(C(=O)CCc2nc3ccccc3[nH]2)C1. The summed E-state index contributed by atoms with van der Waals surface area (Å²) in [6.45, 7) is 2.94. The fourth-order valence-electron chi connectivity index (χ4n) is 3.83. The van der Waals surface area contributed by atoms with E-state index in [0.29, 0.717) is 32.4 Å². The van der Waals surface area contributed by atoms with E-state index in [1.807, 2.05) is 55.5 Å². The molecule has 2 N–H and O–H groups in total. The molecule has 2 heterocycles. The van der Waals surface area contributed by atoms with E-state index in [9.17, 15) is 9.90 Å². The molecule has 1 atom stereocenters. The quantitative estimate of drug-likeness (QED) is 0.761. The zero-order valence-corrected chi connectivity index (χ0v) is 14.9. The molecule has 26 heavy (non-hydrogen) atoms. The minimum Gasteiger partial charge on any atom is -0.383 e. The van der Waals surface area contributed by atoms with Gasteiger partial charge in [0, 0.05) is 19.4 Å². The summed E-state index contributed by atoms with van der Waals surface area (Å²) in [6.07, 6.45) is 1.55. The van der Waals surface area contributed by atoms with Gasteiger partial charge in [0.1, 0.15) is 11.4 Å². The van der Waals surface area contributed by atoms with Crippen LogP contribution in [0.25, 0.3) is 11.0 Å². The molecule has 1 amide bonds. The van der Waals surface area contributed by atoms with Crippen LogP contribution in [-0.4, -0.2) is 39.0 Å². The standard InChI is InChI=1S/C21H23N3O2/c1-15-6-2-3-7-16(15)21(26)12-13-24(14-21)20(25)11-10-19-22-17-8-4-5-9-18(17)23-19/h2-9,26H,10-14H2,1H3,(H,22,23). The number of para-hydroxylation sites is 2. The van der Waals surface area contributed by atoms with Gasteiger partial charge >= 0.3 is 0 Å². The number of nitrogens with one attached hydrogen (secondary N) is 1. The number of benzene rings is 2. The number of hydrogen-bond donors (Lipinski definition) is 2. The molecule has 1 saturated heterocycles. The number of aryl methyl sites for hydroxylation is 2. The molecule has 5 nitrogen and oxygen atoms in total. The minimum atomic E-state index is -0.944. The molecule has 0 bridgehead atoms. The summed E-state index contributed by atoms with van der Waals surface area (Å²) in [5, 5.41) is 11.0. The molecule has 1 aliphatic rings. The van der Waals surface area contributed by atoms with E-state index in [-0.39, 0.29) is 5.91 Å². The fourth-order valence-corrected chi connectivity index (χ4v) is 3.83. The van der Waals surface area contributed by atoms with Crippen LogP contribution in [0.4, 0.5) is 0 Å². The second kappa shape index (κ2) is 6.57. The Morgan fingerprint density at radius 1 is 1.23 bits per heavy atom. The first kappa shape index (κ1) is 16.8. The number of carbonyl (C=O) groups is 1. The van der Waals surface area contributed by atoms with Crippen molar-refractivity contribution < 1.29 is 9.90 Å². The number of carbonyl (C=O) groups excluding carboxylic acids is 1. The van der Waals surface area contributed by atoms with Crippen LogP contribution in [0.15, 0.2) is 48.5 Å². The number of aromatic amines is 1. The van der Waals surface area contributed by atoms with E-state index in [1.165, 1.54) is 0 Å². The van der Waals surface area contributed by atoms with Gasteiger partial charge in [-0.1, -0.05) is 36.4 Å². The number of imidazole rings is 1. The van der Waals surface area contributed by atoms with E-state index in [0.717, 1.165) is 28.0 Å². The molecular formula is C21H23N3O2. The predicted molar refractivity (Wildman–Crippen MR) is 101 cm³/mol. The molecule has 1 aromatic heterocycles. The van der Waals surface area contributed by atoms with Crippen LogP contribution in [0.1, 0.15) is 29.8 Å². The van der Waals surface area contributed by atoms with Crippen molar-refractivity contribution in [1.82, 2.24) is 14.9 Å². The lowest BCUT2D eigenvalue weighted by Crippen LogP contribution is -2.35. The summed E-state index contributed by atoms with van der Waals surface area (Å²) in [5.41, 5.74) is 2.95. The number of hydrogen-bond acceptors (Lipinski definition) is 3. The maximum absolute atomic E-state index is 12.6. The predicted octanol–water partition coefficient (Wildman–Crippen LogP) is 2.92. The molecule has 4 rings (SSSR count). The first-order chi connectivity index (χ1) is 12.5. The molecule has 1 unspecified atom stereocenters. The van der Waals surface area contributed by atoms with Crippen molar-refractivity contribution in [2.75, 3.05) is 13.1 Å². The van der Waals surface area contributed by atoms with Gasteiger partial charge in [0.15, 0.2) is 0 Å². The smallest absolute Gasteiger partial charge is 0.223 e. The third-order valence-corrected chi connectivity index (χ3v) is 5.26. The number of H-pyrrole nitrogens is 1. The van der Waals surface area contributed by atoms with E-state index in [2.05, 4.69) is 9.97 Å². The number of fused-ring (bicyclic) bond motifs is 1. The molecular weight excluding hydrogens is 326 g/mol. The molecule has 0 saturated carbocycles. The van der Waals surface area contributed by atoms with Gasteiger partial charge in [0.25, 0.3) is 0 Å². The van der Waals surface area contributed by atoms with Crippen LogP contribution >= 0.6 is 0 Å². The van der Waals surface area contributed by atoms with E-state index in [4.69, 9.17) is 0 Å². The highest BCUT2D eigenvalue weighted by atomic mass is 16.3. The van der Waals surface area contributed by atoms with Crippen LogP contribution in [0.3, 0.4) is 0 Å². The lowest BCUT2D eigenvalue weighted by atomic mass is 9.89. The summed E-state index contributed by atoms with van der Waals surface area (Å²) >= 11 is 0. The van der Waals surface area contributed by atoms with Gasteiger partial charge in [-0.2, -0.15) is 0 Å². The summed E-state index contributed by atoms with van der Waals surface area (Å²) < 4.78 is 0. The highest BCUT2D eigenvalue weighted by Crippen LogP contribution is 2.34. The Morgan fingerprint density at radius 2 is 2.00 bits per heavy atom. The van der Waals surface area contributed by atoms with Crippen LogP contribution < -0.4 is 0 Å². The van der Waals surface area contributed by atoms with Crippen molar-refractivity contribution in [2.45, 2.75) is 31.8 Å². The van der Waals surface area contributed by atoms with Crippen LogP contribution in [0.5, 0.6) is 0 Å². The van der Waals surface area contributed by atoms with Crippen molar-refractivity contribution >= 4 is 16.9 Å². The highest BCUT2D eigenvalue weighted by Gasteiger charge is 2.40. The summed E-state index contributed by atoms with van der Waals surface area (Å²) in [4.78, 5) is 22.2. The molecule has 0 spiro atoms. The number of aliphatic hydroxyl groups is 1. The van der Waals surface area contributed by atoms with Crippen LogP contribution in [-0.2, 0) is 16.8 Å². The zero-order valence-electron chi connectivity index (χ0n) is 14.9. The number of β-amino-alcohol motifs (C(OH)–C–C–N with tert-alkyl or cyclic N) is 1. The van der Waals surface area contributed by atoms with E-state index < -0.39 is 5.60 Å². The highest BCUT2D eigenvalue weighted by molar-refractivity contribution is 5.78. The summed E-state index contributed by atoms with van der Waals surface area (Å²) in [6, 6.07) is 15.7. The van der Waals surface area contributed by atoms with E-state index >= 15 is 0 Å². The third kappa shape index (κ3) is 3.10. The maximum Gasteiger partial charge on any atom is 0.223 e. The van der Waals surface area contributed by atoms with Gasteiger partial charge < -0.3 is 15.0 Å². The Hall–Kier alpha value is -2.66. The fraction of sp³-hybridized carbons (Fsp3) is 0.333. The van der Waals surface area contributed by atoms with Crippen molar-refractivity contribution in [3.05, 3.63) is 65.5 Å². The Bertz CT molecular complexity index is 916. The molecule has 2 aromatic carbocycles. The van der Waals surface area contributed by atoms with Crippen molar-refractivity contribution in [3.63, 3.8) is 0 Å². The lowest BCUT2D eigenvalue weighted by Gasteiger charge is -2.25. The van der Waals surface area contributed by atoms with Crippen molar-refractivity contribution in [3.8, 4) is 0 Å². The van der Waals surface area contributed by atoms with Gasteiger partial charge in [-0.05, 0) is 36.6 Å². The van der Waals surface area contributed by atoms with Crippen molar-refractivity contribution in [1.29, 1.82) is 0 Å². The molecule has 1 aliphatic heterocycles. The average Bonchev–Trinajstić information content (AvgIpc) is 3.24. The van der Waals surface area contributed by atoms with Crippen LogP contribution in [0, 0.1) is 6.92 Å². The number of likely N-dealkylation sites (tertiary alicyclic amines) is 1. The maximum atomic E-state index is 12.6. The molecule has 3 aromatic rings. The van der Waals surface area contributed by atoms with Gasteiger partial charge in [0.2, 0.25) is 5.91 Å². The van der Waals surface area contributed by atoms with Gasteiger partial charge in [-0.25, -0.2) is 4.98 Å². The second-order valence-corrected chi connectivity index (χ2v) is 7.11. The second-order valence-electron chi connectivity index (χ2n) is 7.11. The van der Waals surface area contributed by atoms with Gasteiger partial charge in [0.05, 0.1) is 17.6 Å². The summed E-state index contributed by atoms with van der Waals surface area (Å²) in [5.74, 6) is 0.892. The Morgan fingerprint density at radius 3 is 2.81 bits per heavy atom. The van der Waals surface area contributed by atoms with E-state index in [1.54, 1.807) is 4.90 Å². The Labute approximate surface area is 152 Å². The molecule has 0 radical (unpaired) electrons. The molecule has 5 heteroatoms. The largest absolute Gasteiger partial charge is 0.383 e. The average molecular weight is 349 g/mol. The Balaban J connectivity index is 1.40. The molecule has 1 fully saturated rings. The number of aromatic nitrogens is 2. The van der Waals surface area contributed by atoms with Crippen LogP contribution in [0.2, 0.25) is 0 Å². The monoisotopic (exact) mass is 349 g/mol. The normalized spacial score (nSPS) is 20.0. The summed E-state index contributed by atoms with van der Waals surface area (Å²) in [7, 11) is 0. The first-order valence-corrected chi connectivity index (χ1v) is 9.05. The number of nitrogens with zero attached hydrogens (tertiary/aromatic N) is 2. The molecule has 134 valence electrons. The van der Waals surface area contributed by atoms with Gasteiger partial charge in [-0.3, -0.25) is 4.79 Å². The zero-order chi connectivity index (χ0) is 18.1. The number of rotatable bonds is 4. The third-order valence-electron chi connectivity index (χ3n) is 5.26. The number of amides is 1. The molecule has 0 aliphatic carbocycles. The van der Waals surface area contributed by atoms with Crippen molar-refractivity contribution in [2.24, 2.45) is 0 Å². The first-order valence-electron chi connectivity index (χ1n) is 9.05.